The van der Waals surface area contributed by atoms with E-state index in [0.717, 1.165) is 19.5 Å². The zero-order valence-electron chi connectivity index (χ0n) is 9.21. The molecule has 0 spiro atoms. The molecule has 1 atom stereocenters. The first-order chi connectivity index (χ1) is 6.44. The van der Waals surface area contributed by atoms with Crippen LogP contribution in [0.4, 0.5) is 0 Å². The van der Waals surface area contributed by atoms with Crippen LogP contribution in [0.3, 0.4) is 0 Å². The smallest absolute Gasteiger partial charge is 0.310 e. The summed E-state index contributed by atoms with van der Waals surface area (Å²) >= 11 is 0. The minimum absolute atomic E-state index is 0.532. The lowest BCUT2D eigenvalue weighted by atomic mass is 9.90. The van der Waals surface area contributed by atoms with Crippen LogP contribution in [0.15, 0.2) is 11.6 Å². The van der Waals surface area contributed by atoms with E-state index in [9.17, 15) is 4.79 Å². The Labute approximate surface area is 85.4 Å². The molecule has 1 unspecified atom stereocenters. The summed E-state index contributed by atoms with van der Waals surface area (Å²) in [4.78, 5) is 13.2. The number of allylic oxidation sites excluding steroid dienone is 1. The Balaban J connectivity index is 2.49. The number of carboxylic acid groups (broad SMARTS) is 1. The van der Waals surface area contributed by atoms with Gasteiger partial charge in [-0.3, -0.25) is 9.69 Å². The second kappa shape index (κ2) is 4.13. The summed E-state index contributed by atoms with van der Waals surface area (Å²) in [5, 5.41) is 9.03. The number of rotatable bonds is 3. The highest BCUT2D eigenvalue weighted by Crippen LogP contribution is 2.29. The predicted octanol–water partition coefficient (Wildman–Crippen LogP) is 1.75. The average molecular weight is 197 g/mol. The van der Waals surface area contributed by atoms with Gasteiger partial charge in [-0.1, -0.05) is 11.6 Å². The number of aliphatic carboxylic acids is 1. The fourth-order valence-electron chi connectivity index (χ4n) is 1.70. The van der Waals surface area contributed by atoms with Crippen molar-refractivity contribution < 1.29 is 9.90 Å². The van der Waals surface area contributed by atoms with Gasteiger partial charge in [0, 0.05) is 13.1 Å². The van der Waals surface area contributed by atoms with Gasteiger partial charge in [-0.2, -0.15) is 0 Å². The van der Waals surface area contributed by atoms with Crippen LogP contribution in [0.1, 0.15) is 27.2 Å². The molecule has 0 amide bonds. The molecule has 1 fully saturated rings. The summed E-state index contributed by atoms with van der Waals surface area (Å²) in [5.74, 6) is -0.669. The molecule has 0 radical (unpaired) electrons. The third kappa shape index (κ3) is 2.58. The van der Waals surface area contributed by atoms with Crippen molar-refractivity contribution >= 4 is 5.97 Å². The monoisotopic (exact) mass is 197 g/mol. The second-order valence-corrected chi connectivity index (χ2v) is 4.63. The summed E-state index contributed by atoms with van der Waals surface area (Å²) < 4.78 is 0. The van der Waals surface area contributed by atoms with Crippen LogP contribution in [-0.4, -0.2) is 35.6 Å². The van der Waals surface area contributed by atoms with Crippen LogP contribution in [0, 0.1) is 5.41 Å². The van der Waals surface area contributed by atoms with Crippen LogP contribution in [0.2, 0.25) is 0 Å². The van der Waals surface area contributed by atoms with Crippen molar-refractivity contribution in [2.24, 2.45) is 5.41 Å². The molecule has 0 aromatic heterocycles. The third-order valence-corrected chi connectivity index (χ3v) is 2.83. The van der Waals surface area contributed by atoms with Crippen molar-refractivity contribution in [3.05, 3.63) is 11.6 Å². The first-order valence-electron chi connectivity index (χ1n) is 5.03. The Kier molecular flexibility index (Phi) is 3.32. The molecule has 0 aliphatic carbocycles. The van der Waals surface area contributed by atoms with Crippen LogP contribution < -0.4 is 0 Å². The highest BCUT2D eigenvalue weighted by molar-refractivity contribution is 5.74. The zero-order valence-corrected chi connectivity index (χ0v) is 9.21. The molecule has 0 saturated carbocycles. The van der Waals surface area contributed by atoms with Crippen molar-refractivity contribution in [1.29, 1.82) is 0 Å². The number of hydrogen-bond donors (Lipinski definition) is 1. The van der Waals surface area contributed by atoms with Crippen molar-refractivity contribution in [2.75, 3.05) is 19.6 Å². The number of carbonyl (C=O) groups is 1. The molecule has 80 valence electrons. The maximum Gasteiger partial charge on any atom is 0.310 e. The molecule has 0 aromatic carbocycles. The van der Waals surface area contributed by atoms with E-state index in [2.05, 4.69) is 24.8 Å². The van der Waals surface area contributed by atoms with Gasteiger partial charge >= 0.3 is 5.97 Å². The van der Waals surface area contributed by atoms with Crippen molar-refractivity contribution in [1.82, 2.24) is 4.90 Å². The highest BCUT2D eigenvalue weighted by Gasteiger charge is 2.39. The Bertz CT molecular complexity index is 256. The lowest BCUT2D eigenvalue weighted by Gasteiger charge is -2.18. The Hall–Kier alpha value is -0.830. The summed E-state index contributed by atoms with van der Waals surface area (Å²) in [6.45, 7) is 8.40. The van der Waals surface area contributed by atoms with Gasteiger partial charge in [0.15, 0.2) is 0 Å². The molecular formula is C11H19NO2. The molecule has 1 aliphatic rings. The highest BCUT2D eigenvalue weighted by atomic mass is 16.4. The van der Waals surface area contributed by atoms with Gasteiger partial charge in [0.2, 0.25) is 0 Å². The molecule has 3 heteroatoms. The molecule has 1 heterocycles. The third-order valence-electron chi connectivity index (χ3n) is 2.83. The minimum Gasteiger partial charge on any atom is -0.481 e. The second-order valence-electron chi connectivity index (χ2n) is 4.63. The normalized spacial score (nSPS) is 27.6. The summed E-state index contributed by atoms with van der Waals surface area (Å²) in [7, 11) is 0. The molecule has 1 saturated heterocycles. The van der Waals surface area contributed by atoms with E-state index in [1.165, 1.54) is 5.57 Å². The Morgan fingerprint density at radius 1 is 1.57 bits per heavy atom. The molecule has 3 nitrogen and oxygen atoms in total. The SMILES string of the molecule is CC(C)=CCN1CCC(C)(C(=O)O)C1. The Morgan fingerprint density at radius 2 is 2.21 bits per heavy atom. The van der Waals surface area contributed by atoms with Crippen molar-refractivity contribution in [3.63, 3.8) is 0 Å². The van der Waals surface area contributed by atoms with Crippen molar-refractivity contribution in [2.45, 2.75) is 27.2 Å². The molecular weight excluding hydrogens is 178 g/mol. The lowest BCUT2D eigenvalue weighted by Crippen LogP contribution is -2.31. The summed E-state index contributed by atoms with van der Waals surface area (Å²) in [6, 6.07) is 0. The van der Waals surface area contributed by atoms with E-state index in [4.69, 9.17) is 5.11 Å². The van der Waals surface area contributed by atoms with E-state index in [1.807, 2.05) is 6.92 Å². The first-order valence-corrected chi connectivity index (χ1v) is 5.03. The topological polar surface area (TPSA) is 40.5 Å². The van der Waals surface area contributed by atoms with E-state index < -0.39 is 11.4 Å². The fraction of sp³-hybridized carbons (Fsp3) is 0.727. The average Bonchev–Trinajstić information content (AvgIpc) is 2.45. The standard InChI is InChI=1S/C11H19NO2/c1-9(2)4-6-12-7-5-11(3,8-12)10(13)14/h4H,5-8H2,1-3H3,(H,13,14). The maximum atomic E-state index is 11.0. The zero-order chi connectivity index (χ0) is 10.8. The number of likely N-dealkylation sites (tertiary alicyclic amines) is 1. The van der Waals surface area contributed by atoms with E-state index >= 15 is 0 Å². The molecule has 1 N–H and O–H groups in total. The minimum atomic E-state index is -0.669. The predicted molar refractivity (Wildman–Crippen MR) is 56.2 cm³/mol. The van der Waals surface area contributed by atoms with E-state index in [1.54, 1.807) is 0 Å². The summed E-state index contributed by atoms with van der Waals surface area (Å²) in [5.41, 5.74) is 0.754. The van der Waals surface area contributed by atoms with Crippen LogP contribution in [0.5, 0.6) is 0 Å². The van der Waals surface area contributed by atoms with Crippen LogP contribution >= 0.6 is 0 Å². The van der Waals surface area contributed by atoms with Gasteiger partial charge in [0.25, 0.3) is 0 Å². The number of carboxylic acids is 1. The van der Waals surface area contributed by atoms with Gasteiger partial charge in [-0.15, -0.1) is 0 Å². The molecule has 14 heavy (non-hydrogen) atoms. The molecule has 1 aliphatic heterocycles. The maximum absolute atomic E-state index is 11.0. The van der Waals surface area contributed by atoms with Crippen LogP contribution in [0.25, 0.3) is 0 Å². The largest absolute Gasteiger partial charge is 0.481 e. The quantitative estimate of drug-likeness (QED) is 0.701. The van der Waals surface area contributed by atoms with E-state index in [0.29, 0.717) is 6.54 Å². The lowest BCUT2D eigenvalue weighted by molar-refractivity contribution is -0.147. The number of nitrogens with zero attached hydrogens (tertiary/aromatic N) is 1. The van der Waals surface area contributed by atoms with Gasteiger partial charge < -0.3 is 5.11 Å². The van der Waals surface area contributed by atoms with E-state index in [-0.39, 0.29) is 0 Å². The van der Waals surface area contributed by atoms with Crippen molar-refractivity contribution in [3.8, 4) is 0 Å². The molecule has 0 aromatic rings. The molecule has 0 bridgehead atoms. The van der Waals surface area contributed by atoms with Gasteiger partial charge in [-0.25, -0.2) is 0 Å². The first kappa shape index (κ1) is 11.2. The number of hydrogen-bond acceptors (Lipinski definition) is 2. The molecule has 1 rings (SSSR count). The fourth-order valence-corrected chi connectivity index (χ4v) is 1.70. The van der Waals surface area contributed by atoms with Gasteiger partial charge in [0.1, 0.15) is 0 Å². The summed E-state index contributed by atoms with van der Waals surface area (Å²) in [6.07, 6.45) is 2.91. The Morgan fingerprint density at radius 3 is 2.64 bits per heavy atom. The van der Waals surface area contributed by atoms with Crippen LogP contribution in [-0.2, 0) is 4.79 Å². The van der Waals surface area contributed by atoms with Gasteiger partial charge in [0.05, 0.1) is 5.41 Å². The van der Waals surface area contributed by atoms with Gasteiger partial charge in [-0.05, 0) is 33.7 Å².